The third kappa shape index (κ3) is 2.55. The molecule has 1 aromatic rings. The summed E-state index contributed by atoms with van der Waals surface area (Å²) in [6.45, 7) is 8.24. The van der Waals surface area contributed by atoms with Gasteiger partial charge in [-0.3, -0.25) is 4.79 Å². The van der Waals surface area contributed by atoms with E-state index in [0.717, 1.165) is 29.5 Å². The predicted octanol–water partition coefficient (Wildman–Crippen LogP) is 4.87. The van der Waals surface area contributed by atoms with E-state index in [-0.39, 0.29) is 28.3 Å². The van der Waals surface area contributed by atoms with Crippen molar-refractivity contribution in [2.45, 2.75) is 57.8 Å². The van der Waals surface area contributed by atoms with Crippen LogP contribution in [0.5, 0.6) is 0 Å². The van der Waals surface area contributed by atoms with Crippen LogP contribution in [0.3, 0.4) is 0 Å². The number of hydrogen-bond donors (Lipinski definition) is 0. The van der Waals surface area contributed by atoms with E-state index in [1.165, 1.54) is 0 Å². The molecule has 1 atom stereocenters. The van der Waals surface area contributed by atoms with Crippen molar-refractivity contribution in [2.24, 2.45) is 0 Å². The number of rotatable bonds is 2. The smallest absolute Gasteiger partial charge is 0.229 e. The molecule has 3 heteroatoms. The van der Waals surface area contributed by atoms with Crippen molar-refractivity contribution in [1.82, 2.24) is 0 Å². The summed E-state index contributed by atoms with van der Waals surface area (Å²) in [6, 6.07) is 3.13. The first-order chi connectivity index (χ1) is 8.74. The molecule has 19 heavy (non-hydrogen) atoms. The SMILES string of the molecule is CC(C)c1cc(F)cc2c1C(C(=O)Cl)CCC2(C)C. The third-order valence-electron chi connectivity index (χ3n) is 4.21. The van der Waals surface area contributed by atoms with E-state index in [4.69, 9.17) is 11.6 Å². The Morgan fingerprint density at radius 1 is 1.42 bits per heavy atom. The first kappa shape index (κ1) is 14.5. The summed E-state index contributed by atoms with van der Waals surface area (Å²) in [5.41, 5.74) is 2.72. The molecule has 0 heterocycles. The maximum absolute atomic E-state index is 13.9. The summed E-state index contributed by atoms with van der Waals surface area (Å²) < 4.78 is 13.9. The average Bonchev–Trinajstić information content (AvgIpc) is 2.28. The lowest BCUT2D eigenvalue weighted by Gasteiger charge is -2.38. The number of carbonyl (C=O) groups excluding carboxylic acids is 1. The molecule has 0 bridgehead atoms. The van der Waals surface area contributed by atoms with Gasteiger partial charge in [-0.2, -0.15) is 0 Å². The Bertz CT molecular complexity index is 520. The molecule has 1 unspecified atom stereocenters. The summed E-state index contributed by atoms with van der Waals surface area (Å²) >= 11 is 5.76. The van der Waals surface area contributed by atoms with Crippen molar-refractivity contribution in [3.05, 3.63) is 34.6 Å². The zero-order chi connectivity index (χ0) is 14.4. The second kappa shape index (κ2) is 4.90. The Hall–Kier alpha value is -0.890. The normalized spacial score (nSPS) is 21.3. The first-order valence-electron chi connectivity index (χ1n) is 6.77. The summed E-state index contributed by atoms with van der Waals surface area (Å²) in [5.74, 6) is -0.335. The van der Waals surface area contributed by atoms with E-state index >= 15 is 0 Å². The second-order valence-corrected chi connectivity index (χ2v) is 6.76. The summed E-state index contributed by atoms with van der Waals surface area (Å²) in [4.78, 5) is 11.7. The minimum Gasteiger partial charge on any atom is -0.281 e. The van der Waals surface area contributed by atoms with Crippen molar-refractivity contribution >= 4 is 16.8 Å². The van der Waals surface area contributed by atoms with Crippen LogP contribution in [0.15, 0.2) is 12.1 Å². The zero-order valence-electron chi connectivity index (χ0n) is 11.9. The van der Waals surface area contributed by atoms with Crippen molar-refractivity contribution in [3.63, 3.8) is 0 Å². The third-order valence-corrected chi connectivity index (χ3v) is 4.47. The lowest BCUT2D eigenvalue weighted by Crippen LogP contribution is -2.30. The van der Waals surface area contributed by atoms with Crippen LogP contribution >= 0.6 is 11.6 Å². The number of benzene rings is 1. The molecule has 1 aliphatic carbocycles. The fourth-order valence-electron chi connectivity index (χ4n) is 3.08. The zero-order valence-corrected chi connectivity index (χ0v) is 12.6. The van der Waals surface area contributed by atoms with Gasteiger partial charge < -0.3 is 0 Å². The van der Waals surface area contributed by atoms with Crippen LogP contribution in [0.4, 0.5) is 4.39 Å². The van der Waals surface area contributed by atoms with Crippen molar-refractivity contribution < 1.29 is 9.18 Å². The second-order valence-electron chi connectivity index (χ2n) is 6.39. The summed E-state index contributed by atoms with van der Waals surface area (Å²) in [7, 11) is 0. The maximum atomic E-state index is 13.9. The number of halogens is 2. The van der Waals surface area contributed by atoms with Gasteiger partial charge in [0.25, 0.3) is 0 Å². The van der Waals surface area contributed by atoms with Gasteiger partial charge in [0, 0.05) is 0 Å². The molecule has 2 rings (SSSR count). The Morgan fingerprint density at radius 2 is 2.05 bits per heavy atom. The van der Waals surface area contributed by atoms with Crippen LogP contribution in [0.2, 0.25) is 0 Å². The van der Waals surface area contributed by atoms with E-state index < -0.39 is 0 Å². The number of carbonyl (C=O) groups is 1. The van der Waals surface area contributed by atoms with Gasteiger partial charge >= 0.3 is 0 Å². The molecule has 1 aromatic carbocycles. The van der Waals surface area contributed by atoms with Crippen LogP contribution in [0, 0.1) is 5.82 Å². The lowest BCUT2D eigenvalue weighted by atomic mass is 9.67. The molecule has 0 saturated carbocycles. The molecule has 0 aromatic heterocycles. The Labute approximate surface area is 119 Å². The largest absolute Gasteiger partial charge is 0.281 e. The minimum absolute atomic E-state index is 0.107. The topological polar surface area (TPSA) is 17.1 Å². The van der Waals surface area contributed by atoms with Crippen LogP contribution in [-0.2, 0) is 10.2 Å². The molecular weight excluding hydrogens is 263 g/mol. The van der Waals surface area contributed by atoms with Gasteiger partial charge in [0.2, 0.25) is 5.24 Å². The monoisotopic (exact) mass is 282 g/mol. The van der Waals surface area contributed by atoms with E-state index in [1.807, 2.05) is 13.8 Å². The van der Waals surface area contributed by atoms with Crippen LogP contribution in [0.25, 0.3) is 0 Å². The van der Waals surface area contributed by atoms with Gasteiger partial charge in [-0.15, -0.1) is 0 Å². The Balaban J connectivity index is 2.74. The molecule has 0 radical (unpaired) electrons. The fraction of sp³-hybridized carbons (Fsp3) is 0.562. The lowest BCUT2D eigenvalue weighted by molar-refractivity contribution is -0.113. The molecule has 1 nitrogen and oxygen atoms in total. The molecule has 0 spiro atoms. The molecule has 0 amide bonds. The highest BCUT2D eigenvalue weighted by atomic mass is 35.5. The van der Waals surface area contributed by atoms with Crippen molar-refractivity contribution in [2.75, 3.05) is 0 Å². The molecule has 0 N–H and O–H groups in total. The average molecular weight is 283 g/mol. The molecule has 0 fully saturated rings. The predicted molar refractivity (Wildman–Crippen MR) is 76.4 cm³/mol. The summed E-state index contributed by atoms with van der Waals surface area (Å²) in [5, 5.41) is -0.328. The molecule has 1 aliphatic rings. The number of hydrogen-bond acceptors (Lipinski definition) is 1. The van der Waals surface area contributed by atoms with E-state index in [9.17, 15) is 9.18 Å². The van der Waals surface area contributed by atoms with Gasteiger partial charge in [-0.1, -0.05) is 27.7 Å². The maximum Gasteiger partial charge on any atom is 0.229 e. The number of fused-ring (bicyclic) bond motifs is 1. The van der Waals surface area contributed by atoms with Crippen LogP contribution in [-0.4, -0.2) is 5.24 Å². The van der Waals surface area contributed by atoms with E-state index in [1.54, 1.807) is 12.1 Å². The standard InChI is InChI=1S/C16H20ClFO/c1-9(2)12-7-10(18)8-13-14(12)11(15(17)19)5-6-16(13,3)4/h7-9,11H,5-6H2,1-4H3. The van der Waals surface area contributed by atoms with Gasteiger partial charge in [0.15, 0.2) is 0 Å². The summed E-state index contributed by atoms with van der Waals surface area (Å²) in [6.07, 6.45) is 1.60. The Kier molecular flexibility index (Phi) is 3.74. The first-order valence-corrected chi connectivity index (χ1v) is 7.15. The van der Waals surface area contributed by atoms with E-state index in [0.29, 0.717) is 0 Å². The van der Waals surface area contributed by atoms with Gasteiger partial charge in [0.1, 0.15) is 5.82 Å². The van der Waals surface area contributed by atoms with Crippen LogP contribution in [0.1, 0.15) is 69.1 Å². The van der Waals surface area contributed by atoms with E-state index in [2.05, 4.69) is 13.8 Å². The Morgan fingerprint density at radius 3 is 2.58 bits per heavy atom. The fourth-order valence-corrected chi connectivity index (χ4v) is 3.29. The molecular formula is C16H20ClFO. The van der Waals surface area contributed by atoms with Crippen molar-refractivity contribution in [3.8, 4) is 0 Å². The molecule has 0 saturated heterocycles. The molecule has 0 aliphatic heterocycles. The highest BCUT2D eigenvalue weighted by molar-refractivity contribution is 6.64. The highest BCUT2D eigenvalue weighted by Gasteiger charge is 2.37. The van der Waals surface area contributed by atoms with Crippen molar-refractivity contribution in [1.29, 1.82) is 0 Å². The quantitative estimate of drug-likeness (QED) is 0.707. The van der Waals surface area contributed by atoms with Gasteiger partial charge in [-0.05, 0) is 64.6 Å². The minimum atomic E-state index is -0.328. The molecule has 104 valence electrons. The highest BCUT2D eigenvalue weighted by Crippen LogP contribution is 2.46. The van der Waals surface area contributed by atoms with Gasteiger partial charge in [0.05, 0.1) is 5.92 Å². The van der Waals surface area contributed by atoms with Crippen LogP contribution < -0.4 is 0 Å². The van der Waals surface area contributed by atoms with Gasteiger partial charge in [-0.25, -0.2) is 4.39 Å².